The van der Waals surface area contributed by atoms with E-state index in [1.807, 2.05) is 6.92 Å². The molecule has 0 radical (unpaired) electrons. The summed E-state index contributed by atoms with van der Waals surface area (Å²) in [7, 11) is 0. The molecule has 0 aromatic carbocycles. The molecule has 2 heterocycles. The van der Waals surface area contributed by atoms with E-state index in [1.54, 1.807) is 18.6 Å². The largest absolute Gasteiger partial charge is 0.261 e. The summed E-state index contributed by atoms with van der Waals surface area (Å²) in [5.41, 5.74) is 0.579. The first-order valence-corrected chi connectivity index (χ1v) is 4.23. The zero-order valence-corrected chi connectivity index (χ0v) is 7.62. The van der Waals surface area contributed by atoms with Gasteiger partial charge in [0.25, 0.3) is 0 Å². The molecule has 0 aliphatic carbocycles. The van der Waals surface area contributed by atoms with Crippen molar-refractivity contribution in [1.82, 2.24) is 30.4 Å². The van der Waals surface area contributed by atoms with E-state index < -0.39 is 0 Å². The fourth-order valence-electron chi connectivity index (χ4n) is 0.909. The number of nitrogens with zero attached hydrogens (tertiary/aromatic N) is 6. The summed E-state index contributed by atoms with van der Waals surface area (Å²) in [6.07, 6.45) is 5.46. The maximum atomic E-state index is 4.04. The third kappa shape index (κ3) is 1.68. The Hall–Kier alpha value is -1.98. The highest BCUT2D eigenvalue weighted by atomic mass is 15.3. The summed E-state index contributed by atoms with van der Waals surface area (Å²) >= 11 is 0. The number of hydrogen-bond acceptors (Lipinski definition) is 6. The molecular formula is C8H8N6. The van der Waals surface area contributed by atoms with Crippen LogP contribution >= 0.6 is 0 Å². The van der Waals surface area contributed by atoms with Gasteiger partial charge >= 0.3 is 0 Å². The van der Waals surface area contributed by atoms with Crippen LogP contribution < -0.4 is 0 Å². The molecule has 70 valence electrons. The van der Waals surface area contributed by atoms with E-state index >= 15 is 0 Å². The predicted molar refractivity (Wildman–Crippen MR) is 48.0 cm³/mol. The monoisotopic (exact) mass is 188 g/mol. The van der Waals surface area contributed by atoms with Crippen LogP contribution in [-0.4, -0.2) is 30.4 Å². The van der Waals surface area contributed by atoms with Gasteiger partial charge in [0.05, 0.1) is 6.20 Å². The smallest absolute Gasteiger partial charge is 0.223 e. The Morgan fingerprint density at radius 3 is 2.43 bits per heavy atom. The van der Waals surface area contributed by atoms with Crippen LogP contribution in [0.15, 0.2) is 18.6 Å². The lowest BCUT2D eigenvalue weighted by Gasteiger charge is -1.96. The highest BCUT2D eigenvalue weighted by molar-refractivity contribution is 5.44. The SMILES string of the molecule is CCc1nnc(-c2cnccn2)nn1. The average molecular weight is 188 g/mol. The van der Waals surface area contributed by atoms with Gasteiger partial charge in [-0.05, 0) is 0 Å². The second-order valence-electron chi connectivity index (χ2n) is 2.58. The molecule has 0 saturated heterocycles. The third-order valence-corrected chi connectivity index (χ3v) is 1.63. The van der Waals surface area contributed by atoms with E-state index in [4.69, 9.17) is 0 Å². The second-order valence-corrected chi connectivity index (χ2v) is 2.58. The first-order chi connectivity index (χ1) is 6.90. The molecule has 0 bridgehead atoms. The van der Waals surface area contributed by atoms with Gasteiger partial charge in [-0.1, -0.05) is 6.92 Å². The Bertz CT molecular complexity index is 398. The van der Waals surface area contributed by atoms with Gasteiger partial charge in [0.1, 0.15) is 5.69 Å². The van der Waals surface area contributed by atoms with Crippen molar-refractivity contribution in [2.24, 2.45) is 0 Å². The van der Waals surface area contributed by atoms with Gasteiger partial charge in [-0.15, -0.1) is 20.4 Å². The van der Waals surface area contributed by atoms with Crippen molar-refractivity contribution in [3.05, 3.63) is 24.4 Å². The molecular weight excluding hydrogens is 180 g/mol. The van der Waals surface area contributed by atoms with E-state index in [1.165, 1.54) is 0 Å². The van der Waals surface area contributed by atoms with E-state index in [2.05, 4.69) is 30.4 Å². The van der Waals surface area contributed by atoms with Crippen LogP contribution in [0, 0.1) is 0 Å². The molecule has 0 N–H and O–H groups in total. The lowest BCUT2D eigenvalue weighted by atomic mass is 10.4. The van der Waals surface area contributed by atoms with Gasteiger partial charge in [0, 0.05) is 18.8 Å². The topological polar surface area (TPSA) is 77.3 Å². The Morgan fingerprint density at radius 2 is 1.86 bits per heavy atom. The van der Waals surface area contributed by atoms with Crippen molar-refractivity contribution in [3.8, 4) is 11.5 Å². The lowest BCUT2D eigenvalue weighted by molar-refractivity contribution is 0.772. The van der Waals surface area contributed by atoms with Gasteiger partial charge in [-0.3, -0.25) is 4.98 Å². The summed E-state index contributed by atoms with van der Waals surface area (Å²) in [5, 5.41) is 15.6. The Morgan fingerprint density at radius 1 is 1.07 bits per heavy atom. The normalized spacial score (nSPS) is 10.1. The fourth-order valence-corrected chi connectivity index (χ4v) is 0.909. The van der Waals surface area contributed by atoms with Crippen molar-refractivity contribution in [2.75, 3.05) is 0 Å². The van der Waals surface area contributed by atoms with Crippen molar-refractivity contribution in [1.29, 1.82) is 0 Å². The molecule has 0 unspecified atom stereocenters. The molecule has 6 heteroatoms. The summed E-state index contributed by atoms with van der Waals surface area (Å²) in [5.74, 6) is 1.02. The molecule has 2 aromatic rings. The summed E-state index contributed by atoms with van der Waals surface area (Å²) in [4.78, 5) is 7.94. The zero-order valence-electron chi connectivity index (χ0n) is 7.62. The first kappa shape index (κ1) is 8.61. The summed E-state index contributed by atoms with van der Waals surface area (Å²) in [6.45, 7) is 1.95. The summed E-state index contributed by atoms with van der Waals surface area (Å²) < 4.78 is 0. The van der Waals surface area contributed by atoms with Crippen molar-refractivity contribution >= 4 is 0 Å². The highest BCUT2D eigenvalue weighted by Gasteiger charge is 2.03. The van der Waals surface area contributed by atoms with Crippen molar-refractivity contribution in [3.63, 3.8) is 0 Å². The predicted octanol–water partition coefficient (Wildman–Crippen LogP) is 0.286. The van der Waals surface area contributed by atoms with E-state index in [9.17, 15) is 0 Å². The van der Waals surface area contributed by atoms with Crippen LogP contribution in [-0.2, 0) is 6.42 Å². The first-order valence-electron chi connectivity index (χ1n) is 4.23. The molecule has 0 atom stereocenters. The number of rotatable bonds is 2. The van der Waals surface area contributed by atoms with E-state index in [0.29, 0.717) is 17.3 Å². The van der Waals surface area contributed by atoms with Crippen LogP contribution in [0.5, 0.6) is 0 Å². The zero-order chi connectivity index (χ0) is 9.80. The minimum atomic E-state index is 0.398. The molecule has 6 nitrogen and oxygen atoms in total. The molecule has 0 aliphatic rings. The maximum Gasteiger partial charge on any atom is 0.223 e. The van der Waals surface area contributed by atoms with Gasteiger partial charge in [0.2, 0.25) is 5.82 Å². The highest BCUT2D eigenvalue weighted by Crippen LogP contribution is 2.05. The quantitative estimate of drug-likeness (QED) is 0.673. The van der Waals surface area contributed by atoms with Gasteiger partial charge < -0.3 is 0 Å². The summed E-state index contributed by atoms with van der Waals surface area (Å²) in [6, 6.07) is 0. The average Bonchev–Trinajstić information content (AvgIpc) is 2.30. The minimum absolute atomic E-state index is 0.398. The molecule has 2 rings (SSSR count). The molecule has 0 spiro atoms. The standard InChI is InChI=1S/C8H8N6/c1-2-7-11-13-8(14-12-7)6-5-9-3-4-10-6/h3-5H,2H2,1H3. The molecule has 0 fully saturated rings. The van der Waals surface area contributed by atoms with Crippen molar-refractivity contribution < 1.29 is 0 Å². The molecule has 0 aliphatic heterocycles. The second kappa shape index (κ2) is 3.82. The van der Waals surface area contributed by atoms with Gasteiger partial charge in [-0.2, -0.15) is 0 Å². The lowest BCUT2D eigenvalue weighted by Crippen LogP contribution is -2.02. The molecule has 2 aromatic heterocycles. The van der Waals surface area contributed by atoms with Gasteiger partial charge in [-0.25, -0.2) is 4.98 Å². The number of hydrogen-bond donors (Lipinski definition) is 0. The van der Waals surface area contributed by atoms with Crippen LogP contribution in [0.1, 0.15) is 12.7 Å². The van der Waals surface area contributed by atoms with Crippen LogP contribution in [0.3, 0.4) is 0 Å². The molecule has 0 amide bonds. The Labute approximate surface area is 80.5 Å². The molecule has 14 heavy (non-hydrogen) atoms. The van der Waals surface area contributed by atoms with E-state index in [-0.39, 0.29) is 0 Å². The van der Waals surface area contributed by atoms with Crippen LogP contribution in [0.2, 0.25) is 0 Å². The Balaban J connectivity index is 2.34. The number of aryl methyl sites for hydroxylation is 1. The minimum Gasteiger partial charge on any atom is -0.261 e. The fraction of sp³-hybridized carbons (Fsp3) is 0.250. The van der Waals surface area contributed by atoms with E-state index in [0.717, 1.165) is 6.42 Å². The Kier molecular flexibility index (Phi) is 2.35. The third-order valence-electron chi connectivity index (χ3n) is 1.63. The molecule has 0 saturated carbocycles. The number of aromatic nitrogens is 6. The van der Waals surface area contributed by atoms with Crippen molar-refractivity contribution in [2.45, 2.75) is 13.3 Å². The van der Waals surface area contributed by atoms with Crippen LogP contribution in [0.4, 0.5) is 0 Å². The maximum absolute atomic E-state index is 4.04. The van der Waals surface area contributed by atoms with Crippen LogP contribution in [0.25, 0.3) is 11.5 Å². The van der Waals surface area contributed by atoms with Gasteiger partial charge in [0.15, 0.2) is 5.82 Å².